The molecule has 2 aromatic carbocycles. The van der Waals surface area contributed by atoms with Crippen LogP contribution in [0, 0.1) is 15.9 Å². The Morgan fingerprint density at radius 2 is 1.96 bits per heavy atom. The van der Waals surface area contributed by atoms with Crippen molar-refractivity contribution in [3.8, 4) is 10.6 Å². The minimum atomic E-state index is -0.465. The molecular weight excluding hydrogens is 369 g/mol. The quantitative estimate of drug-likeness (QED) is 0.472. The zero-order valence-electron chi connectivity index (χ0n) is 14.6. The van der Waals surface area contributed by atoms with Crippen molar-refractivity contribution in [1.29, 1.82) is 0 Å². The molecule has 0 aliphatic carbocycles. The number of amides is 1. The van der Waals surface area contributed by atoms with Gasteiger partial charge in [-0.15, -0.1) is 11.3 Å². The number of nitrogens with zero attached hydrogens (tertiary/aromatic N) is 3. The predicted molar refractivity (Wildman–Crippen MR) is 101 cm³/mol. The molecule has 0 unspecified atom stereocenters. The maximum absolute atomic E-state index is 13.1. The van der Waals surface area contributed by atoms with Gasteiger partial charge in [0.05, 0.1) is 11.0 Å². The van der Waals surface area contributed by atoms with E-state index in [0.717, 1.165) is 5.56 Å². The van der Waals surface area contributed by atoms with E-state index in [1.54, 1.807) is 43.6 Å². The molecule has 0 fully saturated rings. The third-order valence-corrected chi connectivity index (χ3v) is 5.17. The third kappa shape index (κ3) is 4.01. The molecule has 0 bridgehead atoms. The van der Waals surface area contributed by atoms with Crippen LogP contribution in [0.5, 0.6) is 0 Å². The largest absolute Gasteiger partial charge is 0.334 e. The van der Waals surface area contributed by atoms with Crippen LogP contribution in [-0.2, 0) is 0 Å². The summed E-state index contributed by atoms with van der Waals surface area (Å²) < 4.78 is 13.1. The molecule has 138 valence electrons. The van der Waals surface area contributed by atoms with Crippen LogP contribution in [0.4, 0.5) is 10.1 Å². The average molecular weight is 385 g/mol. The number of rotatable bonds is 5. The van der Waals surface area contributed by atoms with Crippen molar-refractivity contribution >= 4 is 22.9 Å². The first kappa shape index (κ1) is 18.7. The fourth-order valence-corrected chi connectivity index (χ4v) is 3.38. The van der Waals surface area contributed by atoms with Crippen molar-refractivity contribution in [2.75, 3.05) is 7.05 Å². The monoisotopic (exact) mass is 385 g/mol. The van der Waals surface area contributed by atoms with E-state index in [2.05, 4.69) is 4.98 Å². The van der Waals surface area contributed by atoms with Gasteiger partial charge in [-0.25, -0.2) is 9.37 Å². The molecule has 1 heterocycles. The van der Waals surface area contributed by atoms with E-state index in [0.29, 0.717) is 10.6 Å². The molecule has 1 aromatic heterocycles. The molecule has 3 rings (SSSR count). The Morgan fingerprint density at radius 1 is 1.26 bits per heavy atom. The van der Waals surface area contributed by atoms with E-state index in [1.165, 1.54) is 40.5 Å². The molecule has 0 N–H and O–H groups in total. The Labute approximate surface area is 159 Å². The van der Waals surface area contributed by atoms with Gasteiger partial charge in [-0.3, -0.25) is 14.9 Å². The first-order chi connectivity index (χ1) is 12.9. The SMILES string of the molecule is C[C@H](c1cccc([N+](=O)[O-])c1)N(C)C(=O)c1csc(-c2ccc(F)cc2)n1. The van der Waals surface area contributed by atoms with Gasteiger partial charge in [0.15, 0.2) is 0 Å². The second-order valence-electron chi connectivity index (χ2n) is 5.99. The average Bonchev–Trinajstić information content (AvgIpc) is 3.17. The van der Waals surface area contributed by atoms with Crippen molar-refractivity contribution in [1.82, 2.24) is 9.88 Å². The summed E-state index contributed by atoms with van der Waals surface area (Å²) >= 11 is 1.30. The van der Waals surface area contributed by atoms with Gasteiger partial charge in [0.25, 0.3) is 11.6 Å². The topological polar surface area (TPSA) is 76.3 Å². The van der Waals surface area contributed by atoms with Crippen molar-refractivity contribution in [3.05, 3.63) is 81.1 Å². The molecule has 0 saturated heterocycles. The minimum absolute atomic E-state index is 0.0209. The van der Waals surface area contributed by atoms with E-state index >= 15 is 0 Å². The summed E-state index contributed by atoms with van der Waals surface area (Å²) in [5, 5.41) is 13.2. The third-order valence-electron chi connectivity index (χ3n) is 4.28. The summed E-state index contributed by atoms with van der Waals surface area (Å²) in [7, 11) is 1.63. The number of halogens is 1. The summed E-state index contributed by atoms with van der Waals surface area (Å²) in [5.41, 5.74) is 1.65. The minimum Gasteiger partial charge on any atom is -0.334 e. The highest BCUT2D eigenvalue weighted by Gasteiger charge is 2.22. The molecule has 0 saturated carbocycles. The van der Waals surface area contributed by atoms with Gasteiger partial charge >= 0.3 is 0 Å². The number of hydrogen-bond donors (Lipinski definition) is 0. The van der Waals surface area contributed by atoms with Gasteiger partial charge in [0, 0.05) is 30.1 Å². The first-order valence-electron chi connectivity index (χ1n) is 8.10. The normalized spacial score (nSPS) is 11.8. The van der Waals surface area contributed by atoms with Crippen LogP contribution in [0.15, 0.2) is 53.9 Å². The first-order valence-corrected chi connectivity index (χ1v) is 8.98. The van der Waals surface area contributed by atoms with Crippen LogP contribution < -0.4 is 0 Å². The number of hydrogen-bond acceptors (Lipinski definition) is 5. The van der Waals surface area contributed by atoms with Gasteiger partial charge in [0.2, 0.25) is 0 Å². The highest BCUT2D eigenvalue weighted by molar-refractivity contribution is 7.13. The molecule has 0 radical (unpaired) electrons. The van der Waals surface area contributed by atoms with Crippen LogP contribution >= 0.6 is 11.3 Å². The molecule has 6 nitrogen and oxygen atoms in total. The van der Waals surface area contributed by atoms with Gasteiger partial charge in [0.1, 0.15) is 16.5 Å². The number of nitro groups is 1. The molecule has 0 aliphatic heterocycles. The Morgan fingerprint density at radius 3 is 2.63 bits per heavy atom. The number of aromatic nitrogens is 1. The molecule has 1 atom stereocenters. The Hall–Kier alpha value is -3.13. The lowest BCUT2D eigenvalue weighted by atomic mass is 10.1. The maximum Gasteiger partial charge on any atom is 0.273 e. The van der Waals surface area contributed by atoms with Gasteiger partial charge in [-0.05, 0) is 36.8 Å². The fraction of sp³-hybridized carbons (Fsp3) is 0.158. The molecule has 8 heteroatoms. The lowest BCUT2D eigenvalue weighted by molar-refractivity contribution is -0.384. The summed E-state index contributed by atoms with van der Waals surface area (Å²) in [4.78, 5) is 29.1. The smallest absolute Gasteiger partial charge is 0.273 e. The van der Waals surface area contributed by atoms with E-state index in [4.69, 9.17) is 0 Å². The van der Waals surface area contributed by atoms with Crippen molar-refractivity contribution in [3.63, 3.8) is 0 Å². The second kappa shape index (κ2) is 7.63. The summed E-state index contributed by atoms with van der Waals surface area (Å²) in [5.74, 6) is -0.629. The summed E-state index contributed by atoms with van der Waals surface area (Å²) in [6, 6.07) is 11.7. The van der Waals surface area contributed by atoms with Crippen LogP contribution in [0.1, 0.15) is 29.0 Å². The zero-order chi connectivity index (χ0) is 19.6. The number of carbonyl (C=O) groups is 1. The predicted octanol–water partition coefficient (Wildman–Crippen LogP) is 4.69. The Balaban J connectivity index is 1.80. The number of benzene rings is 2. The fourth-order valence-electron chi connectivity index (χ4n) is 2.58. The molecule has 27 heavy (non-hydrogen) atoms. The molecule has 0 spiro atoms. The number of thiazole rings is 1. The van der Waals surface area contributed by atoms with Crippen LogP contribution in [0.3, 0.4) is 0 Å². The van der Waals surface area contributed by atoms with Crippen molar-refractivity contribution in [2.45, 2.75) is 13.0 Å². The number of carbonyl (C=O) groups excluding carboxylic acids is 1. The number of non-ortho nitro benzene ring substituents is 1. The highest BCUT2D eigenvalue weighted by Crippen LogP contribution is 2.27. The van der Waals surface area contributed by atoms with Crippen LogP contribution in [-0.4, -0.2) is 27.8 Å². The molecule has 1 amide bonds. The zero-order valence-corrected chi connectivity index (χ0v) is 15.4. The molecule has 0 aliphatic rings. The Bertz CT molecular complexity index is 988. The van der Waals surface area contributed by atoms with E-state index in [1.807, 2.05) is 0 Å². The van der Waals surface area contributed by atoms with E-state index < -0.39 is 4.92 Å². The maximum atomic E-state index is 13.1. The van der Waals surface area contributed by atoms with Gasteiger partial charge in [-0.2, -0.15) is 0 Å². The second-order valence-corrected chi connectivity index (χ2v) is 6.85. The van der Waals surface area contributed by atoms with E-state index in [9.17, 15) is 19.3 Å². The lowest BCUT2D eigenvalue weighted by Gasteiger charge is -2.24. The highest BCUT2D eigenvalue weighted by atomic mass is 32.1. The van der Waals surface area contributed by atoms with E-state index in [-0.39, 0.29) is 29.1 Å². The molecule has 3 aromatic rings. The molecular formula is C19H16FN3O3S. The van der Waals surface area contributed by atoms with Crippen molar-refractivity contribution < 1.29 is 14.1 Å². The van der Waals surface area contributed by atoms with Gasteiger partial charge in [-0.1, -0.05) is 12.1 Å². The van der Waals surface area contributed by atoms with Crippen LogP contribution in [0.25, 0.3) is 10.6 Å². The summed E-state index contributed by atoms with van der Waals surface area (Å²) in [6.45, 7) is 1.80. The van der Waals surface area contributed by atoms with Gasteiger partial charge < -0.3 is 4.90 Å². The Kier molecular flexibility index (Phi) is 5.27. The standard InChI is InChI=1S/C19H16FN3O3S/c1-12(14-4-3-5-16(10-14)23(25)26)22(2)19(24)17-11-27-18(21-17)13-6-8-15(20)9-7-13/h3-12H,1-2H3/t12-/m1/s1. The lowest BCUT2D eigenvalue weighted by Crippen LogP contribution is -2.29. The summed E-state index contributed by atoms with van der Waals surface area (Å²) in [6.07, 6.45) is 0. The number of nitro benzene ring substituents is 1. The van der Waals surface area contributed by atoms with Crippen molar-refractivity contribution in [2.24, 2.45) is 0 Å². The van der Waals surface area contributed by atoms with Crippen LogP contribution in [0.2, 0.25) is 0 Å².